The third-order valence-corrected chi connectivity index (χ3v) is 7.13. The Kier molecular flexibility index (Phi) is 7.02. The number of hydrogen-bond acceptors (Lipinski definition) is 6. The van der Waals surface area contributed by atoms with Gasteiger partial charge in [0.1, 0.15) is 0 Å². The number of aromatic nitrogens is 2. The quantitative estimate of drug-likeness (QED) is 0.702. The fraction of sp³-hybridized carbons (Fsp3) is 0.550. The fourth-order valence-electron chi connectivity index (χ4n) is 3.40. The van der Waals surface area contributed by atoms with Crippen molar-refractivity contribution >= 4 is 21.6 Å². The highest BCUT2D eigenvalue weighted by atomic mass is 32.2. The van der Waals surface area contributed by atoms with Crippen LogP contribution in [0.5, 0.6) is 0 Å². The van der Waals surface area contributed by atoms with E-state index < -0.39 is 10.0 Å². The van der Waals surface area contributed by atoms with Gasteiger partial charge in [-0.3, -0.25) is 4.79 Å². The maximum atomic E-state index is 12.8. The largest absolute Gasteiger partial charge is 0.339 e. The van der Waals surface area contributed by atoms with E-state index in [9.17, 15) is 13.2 Å². The third-order valence-electron chi connectivity index (χ3n) is 5.26. The summed E-state index contributed by atoms with van der Waals surface area (Å²) in [5, 5.41) is 6.72. The molecule has 9 heteroatoms. The normalized spacial score (nSPS) is 15.6. The second-order valence-electron chi connectivity index (χ2n) is 7.39. The molecule has 1 aromatic heterocycles. The number of amides is 1. The lowest BCUT2D eigenvalue weighted by Crippen LogP contribution is -2.29. The minimum atomic E-state index is -3.64. The summed E-state index contributed by atoms with van der Waals surface area (Å²) < 4.78 is 32.2. The molecule has 29 heavy (non-hydrogen) atoms. The number of nitrogens with zero attached hydrogens (tertiary/aromatic N) is 3. The number of likely N-dealkylation sites (N-methyl/N-ethyl adjacent to an activating group) is 1. The van der Waals surface area contributed by atoms with E-state index in [1.54, 1.807) is 19.1 Å². The molecule has 158 valence electrons. The molecule has 0 aliphatic heterocycles. The number of anilines is 1. The van der Waals surface area contributed by atoms with Gasteiger partial charge in [0.25, 0.3) is 0 Å². The second kappa shape index (κ2) is 9.49. The van der Waals surface area contributed by atoms with Gasteiger partial charge in [0, 0.05) is 38.0 Å². The molecule has 2 aromatic rings. The molecule has 1 fully saturated rings. The van der Waals surface area contributed by atoms with Crippen molar-refractivity contribution in [2.45, 2.75) is 62.7 Å². The Morgan fingerprint density at radius 3 is 2.55 bits per heavy atom. The van der Waals surface area contributed by atoms with Gasteiger partial charge in [-0.25, -0.2) is 12.7 Å². The summed E-state index contributed by atoms with van der Waals surface area (Å²) in [6, 6.07) is 6.16. The first kappa shape index (κ1) is 21.4. The van der Waals surface area contributed by atoms with E-state index in [0.29, 0.717) is 36.2 Å². The van der Waals surface area contributed by atoms with Crippen LogP contribution in [-0.2, 0) is 21.2 Å². The van der Waals surface area contributed by atoms with E-state index >= 15 is 0 Å². The number of hydrogen-bond donors (Lipinski definition) is 1. The number of carbonyl (C=O) groups is 1. The SMILES string of the molecule is CCC(=O)Nc1ccc(S(=O)(=O)N(C)CCc2noc(C3CCCCC3)n2)cc1. The van der Waals surface area contributed by atoms with E-state index in [1.807, 2.05) is 0 Å². The topological polar surface area (TPSA) is 105 Å². The van der Waals surface area contributed by atoms with Gasteiger partial charge in [-0.15, -0.1) is 0 Å². The highest BCUT2D eigenvalue weighted by molar-refractivity contribution is 7.89. The van der Waals surface area contributed by atoms with Crippen molar-refractivity contribution < 1.29 is 17.7 Å². The third kappa shape index (κ3) is 5.42. The number of sulfonamides is 1. The first-order valence-electron chi connectivity index (χ1n) is 10.1. The van der Waals surface area contributed by atoms with Crippen LogP contribution >= 0.6 is 0 Å². The predicted octanol–water partition coefficient (Wildman–Crippen LogP) is 3.33. The zero-order chi connectivity index (χ0) is 20.9. The van der Waals surface area contributed by atoms with E-state index in [-0.39, 0.29) is 17.3 Å². The Morgan fingerprint density at radius 1 is 1.21 bits per heavy atom. The molecule has 3 rings (SSSR count). The van der Waals surface area contributed by atoms with Gasteiger partial charge in [-0.1, -0.05) is 31.3 Å². The summed E-state index contributed by atoms with van der Waals surface area (Å²) in [7, 11) is -2.11. The Bertz CT molecular complexity index is 918. The Hall–Kier alpha value is -2.26. The number of benzene rings is 1. The zero-order valence-corrected chi connectivity index (χ0v) is 17.7. The molecule has 1 amide bonds. The van der Waals surface area contributed by atoms with E-state index in [4.69, 9.17) is 4.52 Å². The molecule has 0 spiro atoms. The van der Waals surface area contributed by atoms with Crippen LogP contribution in [0.25, 0.3) is 0 Å². The van der Waals surface area contributed by atoms with Crippen molar-refractivity contribution in [2.75, 3.05) is 18.9 Å². The molecule has 0 unspecified atom stereocenters. The summed E-state index contributed by atoms with van der Waals surface area (Å²) in [5.41, 5.74) is 0.570. The average molecular weight is 421 g/mol. The van der Waals surface area contributed by atoms with Gasteiger partial charge in [-0.05, 0) is 37.1 Å². The smallest absolute Gasteiger partial charge is 0.242 e. The fourth-order valence-corrected chi connectivity index (χ4v) is 4.57. The molecule has 1 N–H and O–H groups in total. The van der Waals surface area contributed by atoms with Crippen LogP contribution in [0.2, 0.25) is 0 Å². The van der Waals surface area contributed by atoms with Crippen LogP contribution in [0.4, 0.5) is 5.69 Å². The molecule has 0 radical (unpaired) electrons. The number of carbonyl (C=O) groups excluding carboxylic acids is 1. The average Bonchev–Trinajstić information content (AvgIpc) is 3.22. The molecular weight excluding hydrogens is 392 g/mol. The molecule has 1 aliphatic carbocycles. The van der Waals surface area contributed by atoms with Crippen molar-refractivity contribution in [1.82, 2.24) is 14.4 Å². The molecule has 8 nitrogen and oxygen atoms in total. The van der Waals surface area contributed by atoms with Crippen molar-refractivity contribution in [3.63, 3.8) is 0 Å². The number of nitrogens with one attached hydrogen (secondary N) is 1. The van der Waals surface area contributed by atoms with Crippen molar-refractivity contribution in [3.05, 3.63) is 36.0 Å². The summed E-state index contributed by atoms with van der Waals surface area (Å²) in [5.74, 6) is 1.42. The molecule has 0 bridgehead atoms. The monoisotopic (exact) mass is 420 g/mol. The Balaban J connectivity index is 1.58. The summed E-state index contributed by atoms with van der Waals surface area (Å²) in [6.07, 6.45) is 6.52. The molecule has 0 atom stereocenters. The summed E-state index contributed by atoms with van der Waals surface area (Å²) in [4.78, 5) is 16.1. The van der Waals surface area contributed by atoms with Gasteiger partial charge >= 0.3 is 0 Å². The van der Waals surface area contributed by atoms with Crippen LogP contribution in [0.15, 0.2) is 33.7 Å². The standard InChI is InChI=1S/C20H28N4O4S/c1-3-19(25)21-16-9-11-17(12-10-16)29(26,27)24(2)14-13-18-22-20(28-23-18)15-7-5-4-6-8-15/h9-12,15H,3-8,13-14H2,1-2H3,(H,21,25). The minimum Gasteiger partial charge on any atom is -0.339 e. The minimum absolute atomic E-state index is 0.120. The first-order chi connectivity index (χ1) is 13.9. The predicted molar refractivity (Wildman–Crippen MR) is 109 cm³/mol. The van der Waals surface area contributed by atoms with Crippen molar-refractivity contribution in [1.29, 1.82) is 0 Å². The molecule has 1 heterocycles. The molecule has 1 aliphatic rings. The number of rotatable bonds is 8. The van der Waals surface area contributed by atoms with E-state index in [2.05, 4.69) is 15.5 Å². The summed E-state index contributed by atoms with van der Waals surface area (Å²) in [6.45, 7) is 2.01. The summed E-state index contributed by atoms with van der Waals surface area (Å²) >= 11 is 0. The maximum Gasteiger partial charge on any atom is 0.242 e. The second-order valence-corrected chi connectivity index (χ2v) is 9.43. The van der Waals surface area contributed by atoms with Crippen LogP contribution < -0.4 is 5.32 Å². The van der Waals surface area contributed by atoms with Gasteiger partial charge in [0.2, 0.25) is 21.8 Å². The Morgan fingerprint density at radius 2 is 1.90 bits per heavy atom. The van der Waals surface area contributed by atoms with E-state index in [1.165, 1.54) is 42.7 Å². The highest BCUT2D eigenvalue weighted by Crippen LogP contribution is 2.31. The Labute approximate surface area is 171 Å². The molecule has 1 aromatic carbocycles. The van der Waals surface area contributed by atoms with Gasteiger partial charge in [0.15, 0.2) is 5.82 Å². The van der Waals surface area contributed by atoms with Crippen molar-refractivity contribution in [2.24, 2.45) is 0 Å². The van der Waals surface area contributed by atoms with Crippen LogP contribution in [0.1, 0.15) is 63.1 Å². The molecular formula is C20H28N4O4S. The van der Waals surface area contributed by atoms with Crippen LogP contribution in [0, 0.1) is 0 Å². The highest BCUT2D eigenvalue weighted by Gasteiger charge is 2.23. The lowest BCUT2D eigenvalue weighted by Gasteiger charge is -2.17. The van der Waals surface area contributed by atoms with Crippen LogP contribution in [0.3, 0.4) is 0 Å². The van der Waals surface area contributed by atoms with Gasteiger partial charge < -0.3 is 9.84 Å². The molecule has 1 saturated carbocycles. The van der Waals surface area contributed by atoms with Gasteiger partial charge in [-0.2, -0.15) is 4.98 Å². The molecule has 0 saturated heterocycles. The lowest BCUT2D eigenvalue weighted by atomic mass is 9.89. The van der Waals surface area contributed by atoms with Gasteiger partial charge in [0.05, 0.1) is 4.90 Å². The first-order valence-corrected chi connectivity index (χ1v) is 11.5. The van der Waals surface area contributed by atoms with Crippen LogP contribution in [-0.4, -0.2) is 42.4 Å². The lowest BCUT2D eigenvalue weighted by molar-refractivity contribution is -0.115. The van der Waals surface area contributed by atoms with Crippen molar-refractivity contribution in [3.8, 4) is 0 Å². The van der Waals surface area contributed by atoms with E-state index in [0.717, 1.165) is 12.8 Å². The zero-order valence-electron chi connectivity index (χ0n) is 16.9. The maximum absolute atomic E-state index is 12.8.